The molecule has 1 saturated carbocycles. The first-order chi connectivity index (χ1) is 13.5. The van der Waals surface area contributed by atoms with Crippen molar-refractivity contribution in [2.45, 2.75) is 50.9 Å². The molecular weight excluding hydrogens is 362 g/mol. The van der Waals surface area contributed by atoms with E-state index in [4.69, 9.17) is 9.16 Å². The van der Waals surface area contributed by atoms with E-state index >= 15 is 0 Å². The van der Waals surface area contributed by atoms with Gasteiger partial charge in [-0.1, -0.05) is 81.4 Å². The van der Waals surface area contributed by atoms with Crippen LogP contribution in [0.15, 0.2) is 60.7 Å². The van der Waals surface area contributed by atoms with Gasteiger partial charge in [-0.05, 0) is 34.2 Å². The molecule has 1 saturated heterocycles. The molecule has 1 atom stereocenters. The Balaban J connectivity index is 1.62. The lowest BCUT2D eigenvalue weighted by Gasteiger charge is -2.50. The number of morpholine rings is 1. The second-order valence-corrected chi connectivity index (χ2v) is 13.5. The van der Waals surface area contributed by atoms with E-state index in [1.165, 1.54) is 10.4 Å². The minimum absolute atomic E-state index is 0.0453. The Morgan fingerprint density at radius 3 is 1.96 bits per heavy atom. The average molecular weight is 396 g/mol. The van der Waals surface area contributed by atoms with Crippen molar-refractivity contribution in [1.29, 1.82) is 0 Å². The number of hydrogen-bond acceptors (Lipinski definition) is 3. The van der Waals surface area contributed by atoms with Gasteiger partial charge in [-0.2, -0.15) is 0 Å². The lowest BCUT2D eigenvalue weighted by Crippen LogP contribution is -2.68. The molecule has 2 aliphatic rings. The summed E-state index contributed by atoms with van der Waals surface area (Å²) in [7, 11) is -2.42. The van der Waals surface area contributed by atoms with E-state index in [1.54, 1.807) is 0 Å². The number of benzene rings is 2. The molecule has 4 heteroatoms. The van der Waals surface area contributed by atoms with E-state index in [9.17, 15) is 0 Å². The van der Waals surface area contributed by atoms with Gasteiger partial charge in [0.1, 0.15) is 0 Å². The fourth-order valence-electron chi connectivity index (χ4n) is 4.84. The van der Waals surface area contributed by atoms with Gasteiger partial charge in [-0.25, -0.2) is 0 Å². The predicted octanol–water partition coefficient (Wildman–Crippen LogP) is 3.33. The van der Waals surface area contributed by atoms with Crippen LogP contribution in [0.3, 0.4) is 0 Å². The third kappa shape index (κ3) is 3.71. The van der Waals surface area contributed by atoms with E-state index in [1.807, 2.05) is 0 Å². The Morgan fingerprint density at radius 2 is 1.50 bits per heavy atom. The fourth-order valence-corrected chi connectivity index (χ4v) is 9.54. The van der Waals surface area contributed by atoms with Gasteiger partial charge in [0, 0.05) is 19.2 Å². The van der Waals surface area contributed by atoms with Crippen molar-refractivity contribution < 1.29 is 9.16 Å². The van der Waals surface area contributed by atoms with Gasteiger partial charge < -0.3 is 14.5 Å². The van der Waals surface area contributed by atoms with Gasteiger partial charge in [0.05, 0.1) is 12.7 Å². The molecule has 1 heterocycles. The van der Waals surface area contributed by atoms with Crippen LogP contribution >= 0.6 is 0 Å². The Labute approximate surface area is 170 Å². The standard InChI is InChI=1S/C24H33NO2Si/c1-24(2,3)28(21-10-6-4-7-11-21,22-12-8-5-9-13-22)27-20-16-19(17-20)23-18-25-14-15-26-23/h4-13,19-20,23,25H,14-18H2,1-3H3. The molecule has 1 unspecified atom stereocenters. The van der Waals surface area contributed by atoms with E-state index in [-0.39, 0.29) is 5.04 Å². The Morgan fingerprint density at radius 1 is 0.929 bits per heavy atom. The first kappa shape index (κ1) is 19.8. The Kier molecular flexibility index (Phi) is 5.75. The summed E-state index contributed by atoms with van der Waals surface area (Å²) < 4.78 is 13.2. The maximum Gasteiger partial charge on any atom is 0.261 e. The molecule has 2 aromatic carbocycles. The minimum atomic E-state index is -2.42. The fraction of sp³-hybridized carbons (Fsp3) is 0.500. The quantitative estimate of drug-likeness (QED) is 0.788. The highest BCUT2D eigenvalue weighted by Crippen LogP contribution is 2.42. The summed E-state index contributed by atoms with van der Waals surface area (Å²) in [6.07, 6.45) is 2.89. The van der Waals surface area contributed by atoms with Crippen LogP contribution in [-0.4, -0.2) is 40.2 Å². The summed E-state index contributed by atoms with van der Waals surface area (Å²) >= 11 is 0. The summed E-state index contributed by atoms with van der Waals surface area (Å²) in [5.74, 6) is 0.621. The Bertz CT molecular complexity index is 708. The number of ether oxygens (including phenoxy) is 1. The zero-order valence-corrected chi connectivity index (χ0v) is 18.4. The highest BCUT2D eigenvalue weighted by molar-refractivity contribution is 6.99. The second-order valence-electron chi connectivity index (χ2n) is 9.25. The summed E-state index contributed by atoms with van der Waals surface area (Å²) in [4.78, 5) is 0. The largest absolute Gasteiger partial charge is 0.404 e. The van der Waals surface area contributed by atoms with Gasteiger partial charge in [0.15, 0.2) is 0 Å². The summed E-state index contributed by atoms with van der Waals surface area (Å²) in [6.45, 7) is 9.85. The summed E-state index contributed by atoms with van der Waals surface area (Å²) in [5, 5.41) is 6.25. The zero-order chi connectivity index (χ0) is 19.6. The van der Waals surface area contributed by atoms with Crippen LogP contribution in [0.4, 0.5) is 0 Å². The van der Waals surface area contributed by atoms with Crippen LogP contribution < -0.4 is 15.7 Å². The molecule has 2 aromatic rings. The van der Waals surface area contributed by atoms with Crippen molar-refractivity contribution in [3.8, 4) is 0 Å². The van der Waals surface area contributed by atoms with Crippen molar-refractivity contribution in [1.82, 2.24) is 5.32 Å². The number of rotatable bonds is 5. The van der Waals surface area contributed by atoms with E-state index in [0.717, 1.165) is 32.5 Å². The molecule has 1 aliphatic heterocycles. The molecule has 1 N–H and O–H groups in total. The normalized spacial score (nSPS) is 25.9. The van der Waals surface area contributed by atoms with Crippen molar-refractivity contribution >= 4 is 18.7 Å². The maximum atomic E-state index is 7.19. The Hall–Kier alpha value is -1.46. The van der Waals surface area contributed by atoms with Crippen molar-refractivity contribution in [2.75, 3.05) is 19.7 Å². The first-order valence-corrected chi connectivity index (χ1v) is 12.5. The van der Waals surface area contributed by atoms with Crippen LogP contribution in [0.5, 0.6) is 0 Å². The smallest absolute Gasteiger partial charge is 0.261 e. The maximum absolute atomic E-state index is 7.19. The van der Waals surface area contributed by atoms with Crippen molar-refractivity contribution in [2.24, 2.45) is 5.92 Å². The SMILES string of the molecule is CC(C)(C)[Si](OC1CC(C2CNCCO2)C1)(c1ccccc1)c1ccccc1. The van der Waals surface area contributed by atoms with Crippen LogP contribution in [0, 0.1) is 5.92 Å². The molecule has 150 valence electrons. The molecule has 0 bridgehead atoms. The van der Waals surface area contributed by atoms with Crippen LogP contribution in [-0.2, 0) is 9.16 Å². The van der Waals surface area contributed by atoms with E-state index < -0.39 is 8.32 Å². The minimum Gasteiger partial charge on any atom is -0.404 e. The second kappa shape index (κ2) is 8.11. The average Bonchev–Trinajstić information content (AvgIpc) is 2.68. The molecule has 0 amide bonds. The molecule has 4 rings (SSSR count). The lowest BCUT2D eigenvalue weighted by atomic mass is 9.78. The zero-order valence-electron chi connectivity index (χ0n) is 17.4. The molecule has 0 radical (unpaired) electrons. The molecule has 1 aliphatic carbocycles. The third-order valence-corrected chi connectivity index (χ3v) is 11.5. The molecule has 28 heavy (non-hydrogen) atoms. The number of nitrogens with one attached hydrogen (secondary N) is 1. The van der Waals surface area contributed by atoms with Gasteiger partial charge in [-0.3, -0.25) is 0 Å². The summed E-state index contributed by atoms with van der Waals surface area (Å²) in [6, 6.07) is 21.9. The molecule has 2 fully saturated rings. The van der Waals surface area contributed by atoms with E-state index in [2.05, 4.69) is 86.8 Å². The van der Waals surface area contributed by atoms with Gasteiger partial charge in [0.25, 0.3) is 8.32 Å². The summed E-state index contributed by atoms with van der Waals surface area (Å²) in [5.41, 5.74) is 0. The van der Waals surface area contributed by atoms with Crippen LogP contribution in [0.2, 0.25) is 5.04 Å². The lowest BCUT2D eigenvalue weighted by molar-refractivity contribution is -0.0694. The topological polar surface area (TPSA) is 30.5 Å². The predicted molar refractivity (Wildman–Crippen MR) is 118 cm³/mol. The highest BCUT2D eigenvalue weighted by atomic mass is 28.4. The molecule has 3 nitrogen and oxygen atoms in total. The first-order valence-electron chi connectivity index (χ1n) is 10.6. The third-order valence-electron chi connectivity index (χ3n) is 6.37. The van der Waals surface area contributed by atoms with Crippen LogP contribution in [0.25, 0.3) is 0 Å². The van der Waals surface area contributed by atoms with Crippen LogP contribution in [0.1, 0.15) is 33.6 Å². The monoisotopic (exact) mass is 395 g/mol. The number of hydrogen-bond donors (Lipinski definition) is 1. The van der Waals surface area contributed by atoms with Crippen molar-refractivity contribution in [3.63, 3.8) is 0 Å². The highest BCUT2D eigenvalue weighted by Gasteiger charge is 2.53. The van der Waals surface area contributed by atoms with E-state index in [0.29, 0.717) is 18.1 Å². The molecule has 0 aromatic heterocycles. The van der Waals surface area contributed by atoms with Crippen molar-refractivity contribution in [3.05, 3.63) is 60.7 Å². The van der Waals surface area contributed by atoms with Gasteiger partial charge in [0.2, 0.25) is 0 Å². The van der Waals surface area contributed by atoms with Gasteiger partial charge >= 0.3 is 0 Å². The van der Waals surface area contributed by atoms with Gasteiger partial charge in [-0.15, -0.1) is 0 Å². The molecule has 0 spiro atoms. The molecular formula is C24H33NO2Si.